The Hall–Kier alpha value is -2.56. The predicted octanol–water partition coefficient (Wildman–Crippen LogP) is 2.62. The van der Waals surface area contributed by atoms with E-state index in [2.05, 4.69) is 25.8 Å². The summed E-state index contributed by atoms with van der Waals surface area (Å²) in [4.78, 5) is 4.26. The maximum Gasteiger partial charge on any atom is 0.191 e. The number of ether oxygens (including phenoxy) is 2. The second-order valence-electron chi connectivity index (χ2n) is 5.74. The van der Waals surface area contributed by atoms with Crippen LogP contribution in [0.4, 0.5) is 0 Å². The number of fused-ring (bicyclic) bond motifs is 1. The molecule has 2 heterocycles. The Balaban J connectivity index is 0.00000280. The summed E-state index contributed by atoms with van der Waals surface area (Å²) in [5.74, 6) is 2.95. The van der Waals surface area contributed by atoms with E-state index in [0.717, 1.165) is 28.5 Å². The van der Waals surface area contributed by atoms with Crippen molar-refractivity contribution in [2.45, 2.75) is 20.0 Å². The molecule has 0 amide bonds. The second kappa shape index (κ2) is 10.7. The second-order valence-corrected chi connectivity index (χ2v) is 5.74. The number of rotatable bonds is 7. The minimum Gasteiger partial charge on any atom is -0.493 e. The van der Waals surface area contributed by atoms with Gasteiger partial charge in [-0.2, -0.15) is 0 Å². The Morgan fingerprint density at radius 2 is 1.93 bits per heavy atom. The zero-order valence-corrected chi connectivity index (χ0v) is 18.5. The smallest absolute Gasteiger partial charge is 0.191 e. The SMILES string of the molecule is CCOc1cc(CNC(=NC)NCc2nnc3ccccn23)ccc1OC.I. The van der Waals surface area contributed by atoms with Crippen molar-refractivity contribution in [3.63, 3.8) is 0 Å². The third-order valence-corrected chi connectivity index (χ3v) is 4.01. The van der Waals surface area contributed by atoms with Crippen molar-refractivity contribution in [3.8, 4) is 11.5 Å². The molecule has 2 N–H and O–H groups in total. The standard InChI is InChI=1S/C19H24N6O2.HI/c1-4-27-16-11-14(8-9-15(16)26-3)12-21-19(20-2)22-13-18-24-23-17-7-5-6-10-25(17)18;/h5-11H,4,12-13H2,1-3H3,(H2,20,21,22);1H. The number of pyridine rings is 1. The molecule has 0 atom stereocenters. The minimum absolute atomic E-state index is 0. The van der Waals surface area contributed by atoms with E-state index in [1.165, 1.54) is 0 Å². The molecule has 150 valence electrons. The number of hydrogen-bond donors (Lipinski definition) is 2. The van der Waals surface area contributed by atoms with Gasteiger partial charge in [0.15, 0.2) is 28.9 Å². The van der Waals surface area contributed by atoms with Gasteiger partial charge in [0.2, 0.25) is 0 Å². The maximum absolute atomic E-state index is 5.62. The monoisotopic (exact) mass is 496 g/mol. The first-order valence-corrected chi connectivity index (χ1v) is 8.78. The van der Waals surface area contributed by atoms with Gasteiger partial charge in [-0.15, -0.1) is 34.2 Å². The fraction of sp³-hybridized carbons (Fsp3) is 0.316. The summed E-state index contributed by atoms with van der Waals surface area (Å²) in [5.41, 5.74) is 1.88. The lowest BCUT2D eigenvalue weighted by Crippen LogP contribution is -2.36. The normalized spacial score (nSPS) is 11.0. The van der Waals surface area contributed by atoms with Crippen molar-refractivity contribution in [1.82, 2.24) is 25.2 Å². The van der Waals surface area contributed by atoms with Gasteiger partial charge in [-0.25, -0.2) is 0 Å². The summed E-state index contributed by atoms with van der Waals surface area (Å²) in [6.07, 6.45) is 1.94. The Kier molecular flexibility index (Phi) is 8.30. The van der Waals surface area contributed by atoms with Crippen molar-refractivity contribution >= 4 is 35.6 Å². The summed E-state index contributed by atoms with van der Waals surface area (Å²) in [7, 11) is 3.37. The number of guanidine groups is 1. The molecule has 3 rings (SSSR count). The fourth-order valence-corrected chi connectivity index (χ4v) is 2.68. The minimum atomic E-state index is 0. The van der Waals surface area contributed by atoms with Crippen molar-refractivity contribution in [2.24, 2.45) is 4.99 Å². The highest BCUT2D eigenvalue weighted by atomic mass is 127. The van der Waals surface area contributed by atoms with Gasteiger partial charge in [0.1, 0.15) is 0 Å². The zero-order valence-electron chi connectivity index (χ0n) is 16.2. The maximum atomic E-state index is 5.62. The number of nitrogens with one attached hydrogen (secondary N) is 2. The molecule has 0 saturated carbocycles. The fourth-order valence-electron chi connectivity index (χ4n) is 2.68. The summed E-state index contributed by atoms with van der Waals surface area (Å²) in [6.45, 7) is 3.65. The van der Waals surface area contributed by atoms with E-state index in [4.69, 9.17) is 9.47 Å². The highest BCUT2D eigenvalue weighted by Gasteiger charge is 2.08. The number of halogens is 1. The van der Waals surface area contributed by atoms with E-state index in [9.17, 15) is 0 Å². The Morgan fingerprint density at radius 3 is 2.68 bits per heavy atom. The zero-order chi connectivity index (χ0) is 19.1. The van der Waals surface area contributed by atoms with Gasteiger partial charge in [-0.3, -0.25) is 9.39 Å². The molecule has 3 aromatic rings. The number of nitrogens with zero attached hydrogens (tertiary/aromatic N) is 4. The molecule has 0 aliphatic rings. The Labute approximate surface area is 181 Å². The molecule has 0 saturated heterocycles. The molecule has 0 unspecified atom stereocenters. The summed E-state index contributed by atoms with van der Waals surface area (Å²) < 4.78 is 12.9. The van der Waals surface area contributed by atoms with Crippen molar-refractivity contribution in [3.05, 3.63) is 54.0 Å². The number of aliphatic imine (C=N–C) groups is 1. The third-order valence-electron chi connectivity index (χ3n) is 4.01. The lowest BCUT2D eigenvalue weighted by Gasteiger charge is -2.14. The van der Waals surface area contributed by atoms with E-state index < -0.39 is 0 Å². The van der Waals surface area contributed by atoms with Gasteiger partial charge in [-0.05, 0) is 36.8 Å². The van der Waals surface area contributed by atoms with E-state index >= 15 is 0 Å². The Morgan fingerprint density at radius 1 is 1.11 bits per heavy atom. The third kappa shape index (κ3) is 5.24. The first kappa shape index (κ1) is 21.7. The van der Waals surface area contributed by atoms with E-state index in [1.54, 1.807) is 14.2 Å². The lowest BCUT2D eigenvalue weighted by molar-refractivity contribution is 0.310. The number of benzene rings is 1. The van der Waals surface area contributed by atoms with Crippen LogP contribution in [0.1, 0.15) is 18.3 Å². The molecule has 9 heteroatoms. The highest BCUT2D eigenvalue weighted by Crippen LogP contribution is 2.27. The van der Waals surface area contributed by atoms with Crippen molar-refractivity contribution in [1.29, 1.82) is 0 Å². The average Bonchev–Trinajstić information content (AvgIpc) is 3.12. The van der Waals surface area contributed by atoms with Gasteiger partial charge in [-0.1, -0.05) is 12.1 Å². The van der Waals surface area contributed by atoms with Crippen LogP contribution in [-0.4, -0.2) is 41.3 Å². The van der Waals surface area contributed by atoms with Crippen LogP contribution in [0, 0.1) is 0 Å². The lowest BCUT2D eigenvalue weighted by atomic mass is 10.2. The molecule has 1 aromatic carbocycles. The first-order valence-electron chi connectivity index (χ1n) is 8.78. The molecule has 0 aliphatic heterocycles. The molecule has 0 radical (unpaired) electrons. The van der Waals surface area contributed by atoms with Crippen molar-refractivity contribution < 1.29 is 9.47 Å². The topological polar surface area (TPSA) is 85.1 Å². The number of methoxy groups -OCH3 is 1. The van der Waals surface area contributed by atoms with E-state index in [-0.39, 0.29) is 24.0 Å². The first-order chi connectivity index (χ1) is 13.2. The molecule has 0 bridgehead atoms. The number of hydrogen-bond acceptors (Lipinski definition) is 5. The van der Waals surface area contributed by atoms with Crippen LogP contribution in [0.3, 0.4) is 0 Å². The van der Waals surface area contributed by atoms with Crippen LogP contribution >= 0.6 is 24.0 Å². The number of aromatic nitrogens is 3. The molecular weight excluding hydrogens is 471 g/mol. The van der Waals surface area contributed by atoms with Crippen LogP contribution in [0.5, 0.6) is 11.5 Å². The molecule has 28 heavy (non-hydrogen) atoms. The van der Waals surface area contributed by atoms with E-state index in [1.807, 2.05) is 53.9 Å². The molecule has 0 aliphatic carbocycles. The predicted molar refractivity (Wildman–Crippen MR) is 120 cm³/mol. The van der Waals surface area contributed by atoms with Gasteiger partial charge in [0.05, 0.1) is 20.3 Å². The molecule has 0 spiro atoms. The largest absolute Gasteiger partial charge is 0.493 e. The molecular formula is C19H25IN6O2. The van der Waals surface area contributed by atoms with Crippen LogP contribution in [-0.2, 0) is 13.1 Å². The van der Waals surface area contributed by atoms with Crippen LogP contribution in [0.15, 0.2) is 47.6 Å². The average molecular weight is 496 g/mol. The van der Waals surface area contributed by atoms with Crippen LogP contribution in [0.25, 0.3) is 5.65 Å². The molecule has 0 fully saturated rings. The van der Waals surface area contributed by atoms with Gasteiger partial charge >= 0.3 is 0 Å². The van der Waals surface area contributed by atoms with Gasteiger partial charge in [0, 0.05) is 19.8 Å². The quantitative estimate of drug-likeness (QED) is 0.297. The van der Waals surface area contributed by atoms with Crippen LogP contribution < -0.4 is 20.1 Å². The molecule has 2 aromatic heterocycles. The summed E-state index contributed by atoms with van der Waals surface area (Å²) in [6, 6.07) is 11.7. The summed E-state index contributed by atoms with van der Waals surface area (Å²) >= 11 is 0. The van der Waals surface area contributed by atoms with Gasteiger partial charge in [0.25, 0.3) is 0 Å². The summed E-state index contributed by atoms with van der Waals surface area (Å²) in [5, 5.41) is 14.9. The van der Waals surface area contributed by atoms with Gasteiger partial charge < -0.3 is 20.1 Å². The van der Waals surface area contributed by atoms with Crippen LogP contribution in [0.2, 0.25) is 0 Å². The highest BCUT2D eigenvalue weighted by molar-refractivity contribution is 14.0. The Bertz CT molecular complexity index is 928. The molecule has 8 nitrogen and oxygen atoms in total. The van der Waals surface area contributed by atoms with Crippen molar-refractivity contribution in [2.75, 3.05) is 20.8 Å². The van der Waals surface area contributed by atoms with E-state index in [0.29, 0.717) is 25.7 Å².